The molecule has 1 unspecified atom stereocenters. The Bertz CT molecular complexity index is 162. The highest BCUT2D eigenvalue weighted by molar-refractivity contribution is 5.93. The molecule has 2 saturated heterocycles. The Morgan fingerprint density at radius 2 is 2.20 bits per heavy atom. The lowest BCUT2D eigenvalue weighted by atomic mass is 9.89. The Hall–Kier alpha value is -0.610. The maximum absolute atomic E-state index is 11.0. The van der Waals surface area contributed by atoms with Crippen LogP contribution < -0.4 is 16.0 Å². The van der Waals surface area contributed by atoms with Gasteiger partial charge in [-0.05, 0) is 0 Å². The summed E-state index contributed by atoms with van der Waals surface area (Å²) in [4.78, 5) is 11.0. The van der Waals surface area contributed by atoms with Crippen molar-refractivity contribution in [2.24, 2.45) is 0 Å². The van der Waals surface area contributed by atoms with Crippen LogP contribution in [0.3, 0.4) is 0 Å². The SMILES string of the molecule is O=C1NCC12CNCCN2. The van der Waals surface area contributed by atoms with Gasteiger partial charge in [0.05, 0.1) is 0 Å². The van der Waals surface area contributed by atoms with Crippen LogP contribution in [0.15, 0.2) is 0 Å². The van der Waals surface area contributed by atoms with Gasteiger partial charge in [-0.1, -0.05) is 0 Å². The van der Waals surface area contributed by atoms with Crippen LogP contribution in [0.4, 0.5) is 0 Å². The molecule has 3 N–H and O–H groups in total. The molecule has 0 bridgehead atoms. The van der Waals surface area contributed by atoms with Crippen LogP contribution in [0.25, 0.3) is 0 Å². The first-order valence-corrected chi connectivity index (χ1v) is 3.58. The van der Waals surface area contributed by atoms with Gasteiger partial charge in [-0.15, -0.1) is 0 Å². The Balaban J connectivity index is 2.06. The summed E-state index contributed by atoms with van der Waals surface area (Å²) in [5.41, 5.74) is -0.252. The average molecular weight is 141 g/mol. The molecule has 2 rings (SSSR count). The largest absolute Gasteiger partial charge is 0.352 e. The molecule has 10 heavy (non-hydrogen) atoms. The van der Waals surface area contributed by atoms with E-state index in [1.54, 1.807) is 0 Å². The van der Waals surface area contributed by atoms with E-state index < -0.39 is 0 Å². The standard InChI is InChI=1S/C6H11N3O/c10-5-6(4-8-5)3-7-1-2-9-6/h7,9H,1-4H2,(H,8,10). The van der Waals surface area contributed by atoms with Gasteiger partial charge in [0.25, 0.3) is 0 Å². The van der Waals surface area contributed by atoms with Crippen LogP contribution in [0.5, 0.6) is 0 Å². The van der Waals surface area contributed by atoms with Crippen LogP contribution in [0.1, 0.15) is 0 Å². The Labute approximate surface area is 59.4 Å². The van der Waals surface area contributed by atoms with Gasteiger partial charge in [0, 0.05) is 26.2 Å². The van der Waals surface area contributed by atoms with Gasteiger partial charge in [0.15, 0.2) is 0 Å². The summed E-state index contributed by atoms with van der Waals surface area (Å²) >= 11 is 0. The summed E-state index contributed by atoms with van der Waals surface area (Å²) in [7, 11) is 0. The van der Waals surface area contributed by atoms with Crippen molar-refractivity contribution in [3.8, 4) is 0 Å². The van der Waals surface area contributed by atoms with E-state index in [2.05, 4.69) is 16.0 Å². The van der Waals surface area contributed by atoms with E-state index in [4.69, 9.17) is 0 Å². The van der Waals surface area contributed by atoms with Gasteiger partial charge in [0.1, 0.15) is 5.54 Å². The van der Waals surface area contributed by atoms with E-state index in [-0.39, 0.29) is 11.4 Å². The number of hydrogen-bond donors (Lipinski definition) is 3. The molecule has 0 saturated carbocycles. The maximum Gasteiger partial charge on any atom is 0.243 e. The molecule has 56 valence electrons. The molecule has 0 aliphatic carbocycles. The van der Waals surface area contributed by atoms with E-state index >= 15 is 0 Å². The molecular weight excluding hydrogens is 130 g/mol. The minimum atomic E-state index is -0.252. The number of rotatable bonds is 0. The van der Waals surface area contributed by atoms with Crippen molar-refractivity contribution < 1.29 is 4.79 Å². The van der Waals surface area contributed by atoms with Crippen LogP contribution in [-0.4, -0.2) is 37.6 Å². The molecule has 4 nitrogen and oxygen atoms in total. The molecule has 2 heterocycles. The van der Waals surface area contributed by atoms with Gasteiger partial charge < -0.3 is 10.6 Å². The van der Waals surface area contributed by atoms with E-state index in [0.717, 1.165) is 26.2 Å². The minimum absolute atomic E-state index is 0.139. The Morgan fingerprint density at radius 3 is 2.50 bits per heavy atom. The fraction of sp³-hybridized carbons (Fsp3) is 0.833. The van der Waals surface area contributed by atoms with Crippen LogP contribution in [0, 0.1) is 0 Å². The fourth-order valence-electron chi connectivity index (χ4n) is 1.41. The topological polar surface area (TPSA) is 53.2 Å². The third kappa shape index (κ3) is 0.660. The lowest BCUT2D eigenvalue weighted by molar-refractivity contribution is -0.135. The van der Waals surface area contributed by atoms with E-state index in [9.17, 15) is 4.79 Å². The van der Waals surface area contributed by atoms with Crippen LogP contribution in [-0.2, 0) is 4.79 Å². The van der Waals surface area contributed by atoms with Crippen LogP contribution >= 0.6 is 0 Å². The molecule has 0 aromatic heterocycles. The zero-order chi connectivity index (χ0) is 7.03. The predicted molar refractivity (Wildman–Crippen MR) is 36.6 cm³/mol. The van der Waals surface area contributed by atoms with Crippen molar-refractivity contribution in [3.05, 3.63) is 0 Å². The van der Waals surface area contributed by atoms with Crippen molar-refractivity contribution in [2.45, 2.75) is 5.54 Å². The average Bonchev–Trinajstić information content (AvgIpc) is 2.04. The summed E-state index contributed by atoms with van der Waals surface area (Å²) < 4.78 is 0. The zero-order valence-corrected chi connectivity index (χ0v) is 5.74. The molecule has 1 amide bonds. The second kappa shape index (κ2) is 1.93. The summed E-state index contributed by atoms with van der Waals surface area (Å²) in [6.07, 6.45) is 0. The number of nitrogens with one attached hydrogen (secondary N) is 3. The first-order chi connectivity index (χ1) is 4.83. The molecule has 2 fully saturated rings. The van der Waals surface area contributed by atoms with Gasteiger partial charge in [-0.25, -0.2) is 0 Å². The van der Waals surface area contributed by atoms with E-state index in [0.29, 0.717) is 0 Å². The van der Waals surface area contributed by atoms with Gasteiger partial charge >= 0.3 is 0 Å². The number of β-lactam (4-membered cyclic amide) rings is 1. The smallest absolute Gasteiger partial charge is 0.243 e. The third-order valence-electron chi connectivity index (χ3n) is 2.18. The van der Waals surface area contributed by atoms with Crippen molar-refractivity contribution in [2.75, 3.05) is 26.2 Å². The first-order valence-electron chi connectivity index (χ1n) is 3.58. The molecule has 0 aromatic carbocycles. The van der Waals surface area contributed by atoms with Gasteiger partial charge in [-0.3, -0.25) is 10.1 Å². The predicted octanol–water partition coefficient (Wildman–Crippen LogP) is -1.95. The lowest BCUT2D eigenvalue weighted by Gasteiger charge is -2.44. The number of amides is 1. The lowest BCUT2D eigenvalue weighted by Crippen LogP contribution is -2.78. The normalized spacial score (nSPS) is 39.0. The highest BCUT2D eigenvalue weighted by Gasteiger charge is 2.46. The van der Waals surface area contributed by atoms with Crippen molar-refractivity contribution in [3.63, 3.8) is 0 Å². The summed E-state index contributed by atoms with van der Waals surface area (Å²) in [6, 6.07) is 0. The van der Waals surface area contributed by atoms with E-state index in [1.807, 2.05) is 0 Å². The van der Waals surface area contributed by atoms with Gasteiger partial charge in [-0.2, -0.15) is 0 Å². The van der Waals surface area contributed by atoms with Gasteiger partial charge in [0.2, 0.25) is 5.91 Å². The van der Waals surface area contributed by atoms with Crippen LogP contribution in [0.2, 0.25) is 0 Å². The van der Waals surface area contributed by atoms with E-state index in [1.165, 1.54) is 0 Å². The number of carbonyl (C=O) groups is 1. The first kappa shape index (κ1) is 6.12. The Morgan fingerprint density at radius 1 is 1.30 bits per heavy atom. The zero-order valence-electron chi connectivity index (χ0n) is 5.74. The molecule has 2 aliphatic heterocycles. The highest BCUT2D eigenvalue weighted by Crippen LogP contribution is 2.12. The molecule has 1 spiro atoms. The number of hydrogen-bond acceptors (Lipinski definition) is 3. The summed E-state index contributed by atoms with van der Waals surface area (Å²) in [6.45, 7) is 3.42. The summed E-state index contributed by atoms with van der Waals surface area (Å²) in [5, 5.41) is 9.12. The third-order valence-corrected chi connectivity index (χ3v) is 2.18. The molecule has 2 aliphatic rings. The second-order valence-corrected chi connectivity index (χ2v) is 2.87. The second-order valence-electron chi connectivity index (χ2n) is 2.87. The number of carbonyl (C=O) groups excluding carboxylic acids is 1. The molecule has 4 heteroatoms. The Kier molecular flexibility index (Phi) is 1.18. The minimum Gasteiger partial charge on any atom is -0.352 e. The highest BCUT2D eigenvalue weighted by atomic mass is 16.2. The molecular formula is C6H11N3O. The maximum atomic E-state index is 11.0. The van der Waals surface area contributed by atoms with Crippen molar-refractivity contribution in [1.82, 2.24) is 16.0 Å². The molecule has 1 atom stereocenters. The fourth-order valence-corrected chi connectivity index (χ4v) is 1.41. The monoisotopic (exact) mass is 141 g/mol. The quantitative estimate of drug-likeness (QED) is 0.344. The number of piperazine rings is 1. The molecule has 0 radical (unpaired) electrons. The molecule has 0 aromatic rings. The van der Waals surface area contributed by atoms with Crippen molar-refractivity contribution >= 4 is 5.91 Å². The summed E-state index contributed by atoms with van der Waals surface area (Å²) in [5.74, 6) is 0.139. The van der Waals surface area contributed by atoms with Crippen molar-refractivity contribution in [1.29, 1.82) is 0 Å².